The van der Waals surface area contributed by atoms with Gasteiger partial charge in [-0.15, -0.1) is 0 Å². The number of hydrogen-bond acceptors (Lipinski definition) is 3. The molecule has 0 saturated heterocycles. The lowest BCUT2D eigenvalue weighted by Gasteiger charge is -2.08. The molecule has 1 aromatic carbocycles. The van der Waals surface area contributed by atoms with Crippen LogP contribution in [0.4, 0.5) is 20.6 Å². The third-order valence-corrected chi connectivity index (χ3v) is 2.33. The number of para-hydroxylation sites is 1. The average molecular weight is 261 g/mol. The second kappa shape index (κ2) is 5.81. The highest BCUT2D eigenvalue weighted by Gasteiger charge is 2.06. The normalized spacial score (nSPS) is 9.79. The number of amides is 2. The molecule has 1 heterocycles. The number of ether oxygens (including phenoxy) is 1. The topological polar surface area (TPSA) is 63.2 Å². The first-order valence-corrected chi connectivity index (χ1v) is 5.51. The second-order valence-corrected chi connectivity index (χ2v) is 3.65. The van der Waals surface area contributed by atoms with Gasteiger partial charge >= 0.3 is 6.03 Å². The molecule has 2 aromatic rings. The number of benzene rings is 1. The molecule has 0 saturated carbocycles. The maximum absolute atomic E-state index is 13.3. The van der Waals surface area contributed by atoms with Crippen LogP contribution >= 0.6 is 0 Å². The van der Waals surface area contributed by atoms with Crippen molar-refractivity contribution in [2.45, 2.75) is 0 Å². The number of rotatable bonds is 3. The maximum atomic E-state index is 13.3. The molecule has 0 fully saturated rings. The van der Waals surface area contributed by atoms with E-state index in [0.717, 1.165) is 0 Å². The molecule has 19 heavy (non-hydrogen) atoms. The molecule has 5 nitrogen and oxygen atoms in total. The predicted molar refractivity (Wildman–Crippen MR) is 69.8 cm³/mol. The minimum atomic E-state index is -0.544. The van der Waals surface area contributed by atoms with Crippen molar-refractivity contribution in [2.24, 2.45) is 0 Å². The summed E-state index contributed by atoms with van der Waals surface area (Å²) in [6.45, 7) is 0. The highest BCUT2D eigenvalue weighted by molar-refractivity contribution is 5.99. The zero-order valence-corrected chi connectivity index (χ0v) is 10.2. The summed E-state index contributed by atoms with van der Waals surface area (Å²) >= 11 is 0. The Morgan fingerprint density at radius 3 is 2.63 bits per heavy atom. The van der Waals surface area contributed by atoms with Crippen molar-refractivity contribution >= 4 is 17.4 Å². The molecular weight excluding hydrogens is 249 g/mol. The standard InChI is InChI=1S/C13H12FN3O2/c1-19-12-7-6-9(8-15-12)16-13(18)17-11-5-3-2-4-10(11)14/h2-8H,1H3,(H2,16,17,18). The first-order chi connectivity index (χ1) is 9.19. The maximum Gasteiger partial charge on any atom is 0.323 e. The number of nitrogens with one attached hydrogen (secondary N) is 2. The van der Waals surface area contributed by atoms with Crippen LogP contribution in [0.3, 0.4) is 0 Å². The molecule has 0 aliphatic rings. The molecule has 0 bridgehead atoms. The average Bonchev–Trinajstić information content (AvgIpc) is 2.42. The largest absolute Gasteiger partial charge is 0.481 e. The molecule has 0 radical (unpaired) electrons. The van der Waals surface area contributed by atoms with E-state index in [4.69, 9.17) is 4.74 Å². The fourth-order valence-electron chi connectivity index (χ4n) is 1.42. The van der Waals surface area contributed by atoms with Crippen LogP contribution in [0.15, 0.2) is 42.6 Å². The van der Waals surface area contributed by atoms with Crippen LogP contribution in [0.2, 0.25) is 0 Å². The molecule has 98 valence electrons. The quantitative estimate of drug-likeness (QED) is 0.893. The van der Waals surface area contributed by atoms with E-state index in [1.54, 1.807) is 24.3 Å². The highest BCUT2D eigenvalue weighted by atomic mass is 19.1. The van der Waals surface area contributed by atoms with E-state index in [1.165, 1.54) is 25.4 Å². The lowest BCUT2D eigenvalue weighted by atomic mass is 10.3. The van der Waals surface area contributed by atoms with Gasteiger partial charge < -0.3 is 15.4 Å². The molecule has 0 aliphatic heterocycles. The van der Waals surface area contributed by atoms with Crippen molar-refractivity contribution in [3.63, 3.8) is 0 Å². The van der Waals surface area contributed by atoms with Crippen LogP contribution in [0.5, 0.6) is 5.88 Å². The van der Waals surface area contributed by atoms with E-state index in [9.17, 15) is 9.18 Å². The van der Waals surface area contributed by atoms with Gasteiger partial charge in [0.1, 0.15) is 5.82 Å². The number of halogens is 1. The van der Waals surface area contributed by atoms with E-state index in [2.05, 4.69) is 15.6 Å². The van der Waals surface area contributed by atoms with Gasteiger partial charge in [0.25, 0.3) is 0 Å². The summed E-state index contributed by atoms with van der Waals surface area (Å²) in [6, 6.07) is 8.62. The summed E-state index contributed by atoms with van der Waals surface area (Å²) in [5.74, 6) is -0.0504. The van der Waals surface area contributed by atoms with Crippen molar-refractivity contribution in [1.82, 2.24) is 4.98 Å². The number of aromatic nitrogens is 1. The Labute approximate surface area is 109 Å². The van der Waals surface area contributed by atoms with Crippen LogP contribution < -0.4 is 15.4 Å². The van der Waals surface area contributed by atoms with Crippen molar-refractivity contribution in [2.75, 3.05) is 17.7 Å². The number of nitrogens with zero attached hydrogens (tertiary/aromatic N) is 1. The van der Waals surface area contributed by atoms with Gasteiger partial charge in [0, 0.05) is 6.07 Å². The Morgan fingerprint density at radius 2 is 2.00 bits per heavy atom. The minimum Gasteiger partial charge on any atom is -0.481 e. The Bertz CT molecular complexity index is 572. The molecule has 1 aromatic heterocycles. The van der Waals surface area contributed by atoms with Crippen molar-refractivity contribution < 1.29 is 13.9 Å². The molecule has 2 N–H and O–H groups in total. The van der Waals surface area contributed by atoms with Crippen LogP contribution in [-0.2, 0) is 0 Å². The summed E-state index contributed by atoms with van der Waals surface area (Å²) in [4.78, 5) is 15.6. The summed E-state index contributed by atoms with van der Waals surface area (Å²) in [5, 5.41) is 4.94. The van der Waals surface area contributed by atoms with Gasteiger partial charge in [0.2, 0.25) is 5.88 Å². The van der Waals surface area contributed by atoms with Crippen molar-refractivity contribution in [3.8, 4) is 5.88 Å². The summed E-state index contributed by atoms with van der Waals surface area (Å²) in [7, 11) is 1.50. The molecule has 0 atom stereocenters. The number of carbonyl (C=O) groups excluding carboxylic acids is 1. The van der Waals surface area contributed by atoms with Crippen LogP contribution in [-0.4, -0.2) is 18.1 Å². The highest BCUT2D eigenvalue weighted by Crippen LogP contribution is 2.14. The molecule has 0 unspecified atom stereocenters. The summed E-state index contributed by atoms with van der Waals surface area (Å²) < 4.78 is 18.2. The van der Waals surface area contributed by atoms with Gasteiger partial charge in [0.15, 0.2) is 0 Å². The fourth-order valence-corrected chi connectivity index (χ4v) is 1.42. The Kier molecular flexibility index (Phi) is 3.92. The summed E-state index contributed by atoms with van der Waals surface area (Å²) in [5.41, 5.74) is 0.594. The smallest absolute Gasteiger partial charge is 0.323 e. The van der Waals surface area contributed by atoms with Crippen molar-refractivity contribution in [1.29, 1.82) is 0 Å². The van der Waals surface area contributed by atoms with E-state index >= 15 is 0 Å². The van der Waals surface area contributed by atoms with Gasteiger partial charge in [-0.3, -0.25) is 0 Å². The number of urea groups is 1. The van der Waals surface area contributed by atoms with Gasteiger partial charge in [-0.2, -0.15) is 0 Å². The van der Waals surface area contributed by atoms with E-state index in [-0.39, 0.29) is 5.69 Å². The predicted octanol–water partition coefficient (Wildman–Crippen LogP) is 2.87. The Balaban J connectivity index is 1.99. The minimum absolute atomic E-state index is 0.112. The van der Waals surface area contributed by atoms with Gasteiger partial charge in [-0.25, -0.2) is 14.2 Å². The molecule has 6 heteroatoms. The third kappa shape index (κ3) is 3.41. The SMILES string of the molecule is COc1ccc(NC(=O)Nc2ccccc2F)cn1. The second-order valence-electron chi connectivity index (χ2n) is 3.65. The first-order valence-electron chi connectivity index (χ1n) is 5.51. The third-order valence-electron chi connectivity index (χ3n) is 2.33. The van der Waals surface area contributed by atoms with Gasteiger partial charge in [-0.1, -0.05) is 12.1 Å². The zero-order valence-electron chi connectivity index (χ0n) is 10.2. The Morgan fingerprint density at radius 1 is 1.21 bits per heavy atom. The number of hydrogen-bond donors (Lipinski definition) is 2. The van der Waals surface area contributed by atoms with Crippen molar-refractivity contribution in [3.05, 3.63) is 48.4 Å². The number of carbonyl (C=O) groups is 1. The number of anilines is 2. The van der Waals surface area contributed by atoms with Gasteiger partial charge in [0.05, 0.1) is 24.7 Å². The van der Waals surface area contributed by atoms with Gasteiger partial charge in [-0.05, 0) is 18.2 Å². The van der Waals surface area contributed by atoms with E-state index in [0.29, 0.717) is 11.6 Å². The lowest BCUT2D eigenvalue weighted by molar-refractivity contribution is 0.262. The summed E-state index contributed by atoms with van der Waals surface area (Å²) in [6.07, 6.45) is 1.44. The molecule has 0 spiro atoms. The molecular formula is C13H12FN3O2. The number of pyridine rings is 1. The van der Waals surface area contributed by atoms with E-state index < -0.39 is 11.8 Å². The van der Waals surface area contributed by atoms with Crippen LogP contribution in [0, 0.1) is 5.82 Å². The monoisotopic (exact) mass is 261 g/mol. The molecule has 2 rings (SSSR count). The molecule has 0 aliphatic carbocycles. The first kappa shape index (κ1) is 12.8. The fraction of sp³-hybridized carbons (Fsp3) is 0.0769. The zero-order chi connectivity index (χ0) is 13.7. The number of methoxy groups -OCH3 is 1. The van der Waals surface area contributed by atoms with Crippen LogP contribution in [0.25, 0.3) is 0 Å². The van der Waals surface area contributed by atoms with Crippen LogP contribution in [0.1, 0.15) is 0 Å². The Hall–Kier alpha value is -2.63. The molecule has 2 amide bonds. The van der Waals surface area contributed by atoms with E-state index in [1.807, 2.05) is 0 Å². The lowest BCUT2D eigenvalue weighted by Crippen LogP contribution is -2.20.